The zero-order valence-electron chi connectivity index (χ0n) is 21.0. The van der Waals surface area contributed by atoms with Crippen LogP contribution in [0.4, 0.5) is 5.82 Å². The van der Waals surface area contributed by atoms with Crippen molar-refractivity contribution in [2.24, 2.45) is 11.8 Å². The summed E-state index contributed by atoms with van der Waals surface area (Å²) in [5.41, 5.74) is 8.74. The third-order valence-electron chi connectivity index (χ3n) is 7.73. The van der Waals surface area contributed by atoms with E-state index in [0.717, 1.165) is 46.0 Å². The number of nitrogens with one attached hydrogen (secondary N) is 1. The molecule has 1 N–H and O–H groups in total. The first kappa shape index (κ1) is 23.9. The molecular weight excluding hydrogens is 456 g/mol. The summed E-state index contributed by atoms with van der Waals surface area (Å²) in [7, 11) is -2.94. The van der Waals surface area contributed by atoms with Crippen LogP contribution in [0.2, 0.25) is 0 Å². The molecule has 0 amide bonds. The molecule has 5 nitrogen and oxygen atoms in total. The van der Waals surface area contributed by atoms with Crippen LogP contribution in [-0.2, 0) is 22.9 Å². The van der Waals surface area contributed by atoms with Gasteiger partial charge in [0.05, 0.1) is 5.75 Å². The maximum Gasteiger partial charge on any atom is 0.147 e. The average Bonchev–Trinajstić information content (AvgIpc) is 3.26. The summed E-state index contributed by atoms with van der Waals surface area (Å²) in [6, 6.07) is 15.0. The Morgan fingerprint density at radius 3 is 2.71 bits per heavy atom. The van der Waals surface area contributed by atoms with Crippen LogP contribution in [0, 0.1) is 25.7 Å². The molecule has 1 saturated carbocycles. The van der Waals surface area contributed by atoms with Gasteiger partial charge in [0.25, 0.3) is 0 Å². The van der Waals surface area contributed by atoms with E-state index in [1.807, 2.05) is 12.3 Å². The van der Waals surface area contributed by atoms with E-state index in [9.17, 15) is 8.42 Å². The number of sulfone groups is 1. The molecule has 2 aromatic carbocycles. The fraction of sp³-hybridized carbons (Fsp3) is 0.414. The normalized spacial score (nSPS) is 20.3. The monoisotopic (exact) mass is 490 g/mol. The molecule has 1 heterocycles. The van der Waals surface area contributed by atoms with Crippen molar-refractivity contribution >= 4 is 15.7 Å². The second kappa shape index (κ2) is 9.30. The predicted octanol–water partition coefficient (Wildman–Crippen LogP) is 5.70. The Morgan fingerprint density at radius 1 is 1.11 bits per heavy atom. The van der Waals surface area contributed by atoms with Crippen molar-refractivity contribution in [3.63, 3.8) is 0 Å². The van der Waals surface area contributed by atoms with E-state index < -0.39 is 9.84 Å². The van der Waals surface area contributed by atoms with Crippen molar-refractivity contribution in [3.05, 3.63) is 76.5 Å². The molecule has 0 unspecified atom stereocenters. The second-order valence-corrected chi connectivity index (χ2v) is 12.5. The van der Waals surface area contributed by atoms with Gasteiger partial charge in [-0.2, -0.15) is 0 Å². The summed E-state index contributed by atoms with van der Waals surface area (Å²) in [5, 5.41) is 3.23. The van der Waals surface area contributed by atoms with Gasteiger partial charge >= 0.3 is 0 Å². The number of nitrogens with zero attached hydrogens (tertiary/aromatic N) is 1. The number of pyridine rings is 1. The highest BCUT2D eigenvalue weighted by Gasteiger charge is 2.52. The van der Waals surface area contributed by atoms with Gasteiger partial charge in [0.1, 0.15) is 28.0 Å². The lowest BCUT2D eigenvalue weighted by Gasteiger charge is -2.16. The Balaban J connectivity index is 1.25. The minimum Gasteiger partial charge on any atom is -0.489 e. The fourth-order valence-electron chi connectivity index (χ4n) is 5.58. The second-order valence-electron chi connectivity index (χ2n) is 10.3. The summed E-state index contributed by atoms with van der Waals surface area (Å²) in [4.78, 5) is 4.57. The lowest BCUT2D eigenvalue weighted by molar-refractivity contribution is 0.305. The molecule has 3 aromatic rings. The number of benzene rings is 2. The van der Waals surface area contributed by atoms with Crippen molar-refractivity contribution in [1.29, 1.82) is 0 Å². The average molecular weight is 491 g/mol. The predicted molar refractivity (Wildman–Crippen MR) is 142 cm³/mol. The molecule has 2 aliphatic carbocycles. The van der Waals surface area contributed by atoms with Gasteiger partial charge in [0, 0.05) is 24.6 Å². The molecule has 1 aromatic heterocycles. The van der Waals surface area contributed by atoms with Crippen LogP contribution in [0.1, 0.15) is 47.1 Å². The zero-order chi connectivity index (χ0) is 24.7. The lowest BCUT2D eigenvalue weighted by Crippen LogP contribution is -2.10. The lowest BCUT2D eigenvalue weighted by atomic mass is 9.95. The molecule has 1 fully saturated rings. The minimum atomic E-state index is -2.94. The highest BCUT2D eigenvalue weighted by Crippen LogP contribution is 2.61. The number of hydrogen-bond acceptors (Lipinski definition) is 5. The maximum atomic E-state index is 11.3. The molecular formula is C29H34N2O3S. The van der Waals surface area contributed by atoms with Crippen molar-refractivity contribution in [2.75, 3.05) is 23.9 Å². The van der Waals surface area contributed by atoms with E-state index in [4.69, 9.17) is 4.74 Å². The molecule has 0 spiro atoms. The molecule has 0 aliphatic heterocycles. The Bertz CT molecular complexity index is 1370. The Kier molecular flexibility index (Phi) is 6.34. The van der Waals surface area contributed by atoms with Gasteiger partial charge in [0.2, 0.25) is 0 Å². The van der Waals surface area contributed by atoms with Crippen LogP contribution in [0.25, 0.3) is 11.1 Å². The number of fused-ring (bicyclic) bond motifs is 3. The number of aromatic nitrogens is 1. The summed E-state index contributed by atoms with van der Waals surface area (Å²) >= 11 is 0. The SMILES string of the molecule is Cc1cc(NCCCS(C)(=O)=O)ncc1-c1cccc(COc2ccc3c(c2)C[C@H]2[C@H](C)[C@@H]32)c1C. The fourth-order valence-corrected chi connectivity index (χ4v) is 6.25. The molecule has 184 valence electrons. The summed E-state index contributed by atoms with van der Waals surface area (Å²) < 4.78 is 28.8. The van der Waals surface area contributed by atoms with E-state index in [2.05, 4.69) is 67.5 Å². The Morgan fingerprint density at radius 2 is 1.94 bits per heavy atom. The van der Waals surface area contributed by atoms with Gasteiger partial charge in [0.15, 0.2) is 0 Å². The quantitative estimate of drug-likeness (QED) is 0.390. The first-order chi connectivity index (χ1) is 16.7. The van der Waals surface area contributed by atoms with E-state index >= 15 is 0 Å². The topological polar surface area (TPSA) is 68.3 Å². The molecule has 5 rings (SSSR count). The van der Waals surface area contributed by atoms with Gasteiger partial charge in [-0.15, -0.1) is 0 Å². The van der Waals surface area contributed by atoms with Gasteiger partial charge in [-0.05, 0) is 96.0 Å². The summed E-state index contributed by atoms with van der Waals surface area (Å²) in [5.74, 6) is 4.38. The van der Waals surface area contributed by atoms with Crippen LogP contribution >= 0.6 is 0 Å². The number of rotatable bonds is 9. The zero-order valence-corrected chi connectivity index (χ0v) is 21.8. The largest absolute Gasteiger partial charge is 0.489 e. The van der Waals surface area contributed by atoms with Gasteiger partial charge in [-0.1, -0.05) is 31.2 Å². The van der Waals surface area contributed by atoms with Crippen LogP contribution < -0.4 is 10.1 Å². The molecule has 2 aliphatic rings. The molecule has 35 heavy (non-hydrogen) atoms. The molecule has 0 radical (unpaired) electrons. The first-order valence-corrected chi connectivity index (χ1v) is 14.5. The van der Waals surface area contributed by atoms with Crippen LogP contribution in [0.5, 0.6) is 5.75 Å². The summed E-state index contributed by atoms with van der Waals surface area (Å²) in [6.07, 6.45) is 4.92. The van der Waals surface area contributed by atoms with Gasteiger partial charge < -0.3 is 10.1 Å². The van der Waals surface area contributed by atoms with Crippen molar-refractivity contribution in [1.82, 2.24) is 4.98 Å². The third kappa shape index (κ3) is 5.08. The Hall–Kier alpha value is -2.86. The van der Waals surface area contributed by atoms with Crippen molar-refractivity contribution in [3.8, 4) is 16.9 Å². The standard InChI is InChI=1S/C29H34N2O3S/c1-18-13-28(30-11-6-12-35(4,32)33)31-16-27(18)24-8-5-7-21(19(24)2)17-34-23-9-10-25-22(14-23)15-26-20(3)29(25)26/h5,7-10,13-14,16,20,26,29H,6,11-12,15,17H2,1-4H3,(H,30,31)/t20-,26-,29-/m0/s1. The molecule has 6 heteroatoms. The van der Waals surface area contributed by atoms with Crippen LogP contribution in [-0.4, -0.2) is 32.0 Å². The van der Waals surface area contributed by atoms with E-state index in [0.29, 0.717) is 19.6 Å². The van der Waals surface area contributed by atoms with Crippen LogP contribution in [0.3, 0.4) is 0 Å². The first-order valence-electron chi connectivity index (χ1n) is 12.4. The highest BCUT2D eigenvalue weighted by molar-refractivity contribution is 7.90. The minimum absolute atomic E-state index is 0.177. The number of anilines is 1. The number of ether oxygens (including phenoxy) is 1. The summed E-state index contributed by atoms with van der Waals surface area (Å²) in [6.45, 7) is 7.70. The Labute approximate surface area is 208 Å². The number of hydrogen-bond donors (Lipinski definition) is 1. The van der Waals surface area contributed by atoms with Gasteiger partial charge in [-0.25, -0.2) is 13.4 Å². The molecule has 3 atom stereocenters. The molecule has 0 saturated heterocycles. The number of aryl methyl sites for hydroxylation is 1. The third-order valence-corrected chi connectivity index (χ3v) is 8.76. The highest BCUT2D eigenvalue weighted by atomic mass is 32.2. The van der Waals surface area contributed by atoms with E-state index in [1.165, 1.54) is 34.9 Å². The smallest absolute Gasteiger partial charge is 0.147 e. The maximum absolute atomic E-state index is 11.3. The van der Waals surface area contributed by atoms with Crippen molar-refractivity contribution in [2.45, 2.75) is 46.1 Å². The van der Waals surface area contributed by atoms with Crippen LogP contribution in [0.15, 0.2) is 48.7 Å². The van der Waals surface area contributed by atoms with Crippen molar-refractivity contribution < 1.29 is 13.2 Å². The molecule has 0 bridgehead atoms. The van der Waals surface area contributed by atoms with E-state index in [-0.39, 0.29) is 5.75 Å². The van der Waals surface area contributed by atoms with E-state index in [1.54, 1.807) is 0 Å². The van der Waals surface area contributed by atoms with Gasteiger partial charge in [-0.3, -0.25) is 0 Å².